The Hall–Kier alpha value is -11.3. The van der Waals surface area contributed by atoms with E-state index >= 15 is 0 Å². The van der Waals surface area contributed by atoms with Crippen LogP contribution in [0, 0.1) is 0 Å². The number of fused-ring (bicyclic) bond motifs is 16. The maximum absolute atomic E-state index is 2.61. The van der Waals surface area contributed by atoms with Crippen LogP contribution in [0.1, 0.15) is 0 Å². The van der Waals surface area contributed by atoms with Crippen LogP contribution >= 0.6 is 0 Å². The van der Waals surface area contributed by atoms with Gasteiger partial charge in [0.25, 0.3) is 6.71 Å². The Balaban J connectivity index is 0.991. The van der Waals surface area contributed by atoms with Gasteiger partial charge in [0.05, 0.1) is 38.8 Å². The van der Waals surface area contributed by atoms with Crippen LogP contribution < -0.4 is 31.1 Å². The summed E-state index contributed by atoms with van der Waals surface area (Å²) < 4.78 is 7.67. The molecule has 0 amide bonds. The van der Waals surface area contributed by atoms with Crippen LogP contribution in [-0.2, 0) is 0 Å². The van der Waals surface area contributed by atoms with Gasteiger partial charge in [-0.25, -0.2) is 0 Å². The van der Waals surface area contributed by atoms with Crippen molar-refractivity contribution < 1.29 is 0 Å². The predicted molar refractivity (Wildman–Crippen MR) is 358 cm³/mol. The average Bonchev–Trinajstić information content (AvgIpc) is 1.68. The Morgan fingerprint density at radius 1 is 0.247 bits per heavy atom. The molecule has 16 aromatic rings. The van der Waals surface area contributed by atoms with Crippen molar-refractivity contribution in [3.8, 4) is 17.1 Å². The van der Waals surface area contributed by atoms with Gasteiger partial charge in [0.1, 0.15) is 0 Å². The van der Waals surface area contributed by atoms with Crippen LogP contribution in [-0.4, -0.2) is 20.4 Å². The lowest BCUT2D eigenvalue weighted by atomic mass is 9.33. The van der Waals surface area contributed by atoms with Crippen molar-refractivity contribution in [1.82, 2.24) is 13.7 Å². The Kier molecular flexibility index (Phi) is 10.4. The average molecular weight is 1080 g/mol. The van der Waals surface area contributed by atoms with E-state index in [1.165, 1.54) is 70.8 Å². The number of hydrogen-bond acceptors (Lipinski definition) is 3. The third kappa shape index (κ3) is 6.89. The zero-order valence-electron chi connectivity index (χ0n) is 46.2. The van der Waals surface area contributed by atoms with E-state index in [0.717, 1.165) is 79.3 Å². The Morgan fingerprint density at radius 2 is 0.600 bits per heavy atom. The molecule has 18 rings (SSSR count). The summed E-state index contributed by atoms with van der Waals surface area (Å²) in [5.74, 6) is 0. The van der Waals surface area contributed by atoms with Gasteiger partial charge in [-0.1, -0.05) is 182 Å². The van der Waals surface area contributed by atoms with E-state index in [0.29, 0.717) is 0 Å². The number of aromatic nitrogens is 3. The molecule has 0 saturated heterocycles. The molecule has 5 heterocycles. The van der Waals surface area contributed by atoms with Crippen molar-refractivity contribution in [3.63, 3.8) is 0 Å². The van der Waals surface area contributed by atoms with E-state index in [1.807, 2.05) is 0 Å². The topological polar surface area (TPSA) is 24.5 Å². The van der Waals surface area contributed by atoms with Crippen LogP contribution in [0.4, 0.5) is 51.2 Å². The van der Waals surface area contributed by atoms with Crippen LogP contribution in [0.15, 0.2) is 309 Å². The largest absolute Gasteiger partial charge is 0.311 e. The van der Waals surface area contributed by atoms with Gasteiger partial charge in [0.2, 0.25) is 0 Å². The van der Waals surface area contributed by atoms with Crippen LogP contribution in [0.3, 0.4) is 0 Å². The summed E-state index contributed by atoms with van der Waals surface area (Å²) in [7, 11) is 0. The summed E-state index contributed by atoms with van der Waals surface area (Å²) in [4.78, 5) is 7.44. The number of nitrogens with zero attached hydrogens (tertiary/aromatic N) is 6. The predicted octanol–water partition coefficient (Wildman–Crippen LogP) is 18.5. The molecule has 0 N–H and O–H groups in total. The number of para-hydroxylation sites is 10. The fourth-order valence-corrected chi connectivity index (χ4v) is 14.6. The lowest BCUT2D eigenvalue weighted by Gasteiger charge is -2.45. The molecule has 0 fully saturated rings. The highest BCUT2D eigenvalue weighted by atomic mass is 15.2. The number of benzene rings is 13. The Morgan fingerprint density at radius 3 is 1.05 bits per heavy atom. The summed E-state index contributed by atoms with van der Waals surface area (Å²) in [5.41, 5.74) is 24.1. The van der Waals surface area contributed by atoms with Crippen molar-refractivity contribution in [3.05, 3.63) is 309 Å². The highest BCUT2D eigenvalue weighted by Crippen LogP contribution is 2.52. The van der Waals surface area contributed by atoms with Gasteiger partial charge in [0.15, 0.2) is 0 Å². The maximum Gasteiger partial charge on any atom is 0.252 e. The minimum Gasteiger partial charge on any atom is -0.311 e. The van der Waals surface area contributed by atoms with E-state index in [1.54, 1.807) is 0 Å². The fraction of sp³-hybridized carbons (Fsp3) is 0. The van der Waals surface area contributed by atoms with Gasteiger partial charge < -0.3 is 28.4 Å². The van der Waals surface area contributed by atoms with E-state index in [9.17, 15) is 0 Å². The first kappa shape index (κ1) is 47.4. The van der Waals surface area contributed by atoms with Crippen LogP contribution in [0.5, 0.6) is 0 Å². The molecule has 6 nitrogen and oxygen atoms in total. The maximum atomic E-state index is 2.61. The standard InChI is InChI=1S/C78H51BN6/c1-7-27-52(28-8-1)80(53-29-9-2-10-30-53)59-50-70-75-71(51-59)82(55-33-13-4-14-34-55)69-48-47-58(49-64(69)79(75)63-42-22-26-46-68(63)81(70)54-31-11-3-12-32-54)85-67-45-25-21-41-62(67)74-77-72(60-39-19-23-43-65(60)83(77)56-35-15-5-16-36-56)76-73(78(74)85)61-40-20-24-44-66(61)84(76)57-37-17-6-18-38-57/h1-51H. The Bertz CT molecular complexity index is 5180. The first-order chi connectivity index (χ1) is 42.3. The lowest BCUT2D eigenvalue weighted by molar-refractivity contribution is 1.17. The molecule has 396 valence electrons. The first-order valence-corrected chi connectivity index (χ1v) is 29.3. The first-order valence-electron chi connectivity index (χ1n) is 29.3. The molecule has 0 bridgehead atoms. The van der Waals surface area contributed by atoms with Crippen molar-refractivity contribution >= 4 is 140 Å². The molecule has 85 heavy (non-hydrogen) atoms. The minimum absolute atomic E-state index is 0.146. The molecular formula is C78H51BN6. The van der Waals surface area contributed by atoms with Gasteiger partial charge in [-0.3, -0.25) is 0 Å². The van der Waals surface area contributed by atoms with E-state index in [2.05, 4.69) is 338 Å². The number of anilines is 9. The van der Waals surface area contributed by atoms with Crippen molar-refractivity contribution in [2.45, 2.75) is 0 Å². The molecule has 2 aliphatic rings. The van der Waals surface area contributed by atoms with Gasteiger partial charge in [-0.2, -0.15) is 0 Å². The molecule has 0 saturated carbocycles. The van der Waals surface area contributed by atoms with Crippen LogP contribution in [0.2, 0.25) is 0 Å². The van der Waals surface area contributed by atoms with E-state index in [4.69, 9.17) is 0 Å². The zero-order chi connectivity index (χ0) is 55.7. The summed E-state index contributed by atoms with van der Waals surface area (Å²) in [6.07, 6.45) is 0. The summed E-state index contributed by atoms with van der Waals surface area (Å²) in [6, 6.07) is 114. The van der Waals surface area contributed by atoms with Gasteiger partial charge in [-0.15, -0.1) is 0 Å². The molecule has 0 atom stereocenters. The fourth-order valence-electron chi connectivity index (χ4n) is 14.6. The molecule has 7 heteroatoms. The van der Waals surface area contributed by atoms with E-state index in [-0.39, 0.29) is 6.71 Å². The third-order valence-electron chi connectivity index (χ3n) is 17.9. The van der Waals surface area contributed by atoms with E-state index < -0.39 is 0 Å². The van der Waals surface area contributed by atoms with Crippen molar-refractivity contribution in [1.29, 1.82) is 0 Å². The van der Waals surface area contributed by atoms with Crippen molar-refractivity contribution in [2.24, 2.45) is 0 Å². The molecule has 13 aromatic carbocycles. The molecule has 0 aliphatic carbocycles. The summed E-state index contributed by atoms with van der Waals surface area (Å²) >= 11 is 0. The van der Waals surface area contributed by atoms with Crippen molar-refractivity contribution in [2.75, 3.05) is 14.7 Å². The molecule has 0 radical (unpaired) electrons. The van der Waals surface area contributed by atoms with Gasteiger partial charge in [-0.05, 0) is 144 Å². The minimum atomic E-state index is -0.146. The zero-order valence-corrected chi connectivity index (χ0v) is 46.2. The number of hydrogen-bond donors (Lipinski definition) is 0. The molecule has 0 spiro atoms. The summed E-state index contributed by atoms with van der Waals surface area (Å²) in [6.45, 7) is -0.146. The van der Waals surface area contributed by atoms with Gasteiger partial charge >= 0.3 is 0 Å². The second kappa shape index (κ2) is 18.6. The molecule has 0 unspecified atom stereocenters. The number of rotatable bonds is 8. The quantitative estimate of drug-likeness (QED) is 0.142. The monoisotopic (exact) mass is 1080 g/mol. The SMILES string of the molecule is c1ccc(N(c2ccccc2)c2cc3c4c(c2)N(c2ccccc2)c2ccc(-n5c6ccccc6c6c7c(c8ccccc8n7-c7ccccc7)c7c(c8ccccc8n7-c7ccccc7)c65)cc2B4c2ccccc2N3c2ccccc2)cc1. The lowest BCUT2D eigenvalue weighted by Crippen LogP contribution is -2.61. The molecule has 2 aliphatic heterocycles. The second-order valence-corrected chi connectivity index (χ2v) is 22.4. The summed E-state index contributed by atoms with van der Waals surface area (Å²) in [5, 5.41) is 7.30. The highest BCUT2D eigenvalue weighted by Gasteiger charge is 2.44. The molecular weight excluding hydrogens is 1030 g/mol. The van der Waals surface area contributed by atoms with Crippen LogP contribution in [0.25, 0.3) is 82.5 Å². The van der Waals surface area contributed by atoms with Gasteiger partial charge in [0, 0.05) is 94.9 Å². The normalized spacial score (nSPS) is 12.6. The second-order valence-electron chi connectivity index (χ2n) is 22.4. The third-order valence-corrected chi connectivity index (χ3v) is 17.9. The molecule has 3 aromatic heterocycles. The highest BCUT2D eigenvalue weighted by molar-refractivity contribution is 7.00. The Labute approximate surface area is 491 Å². The smallest absolute Gasteiger partial charge is 0.252 e.